The van der Waals surface area contributed by atoms with E-state index < -0.39 is 11.6 Å². The van der Waals surface area contributed by atoms with Crippen LogP contribution in [0.3, 0.4) is 0 Å². The molecule has 1 aromatic carbocycles. The predicted octanol–water partition coefficient (Wildman–Crippen LogP) is 2.16. The minimum Gasteiger partial charge on any atom is -0.291 e. The zero-order valence-corrected chi connectivity index (χ0v) is 8.23. The molecule has 0 heterocycles. The number of hydrogen-bond donors (Lipinski definition) is 1. The maximum Gasteiger partial charge on any atom is 0.202 e. The molecule has 75 valence electrons. The van der Waals surface area contributed by atoms with E-state index in [4.69, 9.17) is 0 Å². The van der Waals surface area contributed by atoms with Gasteiger partial charge >= 0.3 is 0 Å². The van der Waals surface area contributed by atoms with E-state index in [1.807, 2.05) is 0 Å². The van der Waals surface area contributed by atoms with Gasteiger partial charge in [-0.05, 0) is 24.1 Å². The molecule has 0 amide bonds. The van der Waals surface area contributed by atoms with Crippen molar-refractivity contribution in [3.05, 3.63) is 35.4 Å². The van der Waals surface area contributed by atoms with Gasteiger partial charge in [-0.1, -0.05) is 6.07 Å². The number of hydrogen-bond acceptors (Lipinski definition) is 2. The Morgan fingerprint density at radius 3 is 2.57 bits per heavy atom. The van der Waals surface area contributed by atoms with Crippen LogP contribution < -0.4 is 0 Å². The molecule has 0 saturated carbocycles. The average molecular weight is 215 g/mol. The van der Waals surface area contributed by atoms with E-state index in [2.05, 4.69) is 12.6 Å². The number of carbonyl (C=O) groups excluding carboxylic acids is 1. The Kier molecular flexibility index (Phi) is 4.07. The monoisotopic (exact) mass is 215 g/mol. The molecule has 1 rings (SSSR count). The summed E-state index contributed by atoms with van der Waals surface area (Å²) in [6.07, 6.45) is 2.13. The lowest BCUT2D eigenvalue weighted by Gasteiger charge is -2.05. The summed E-state index contributed by atoms with van der Waals surface area (Å²) in [6.45, 7) is 0. The van der Waals surface area contributed by atoms with Crippen LogP contribution in [0.4, 0.5) is 8.78 Å². The number of halogens is 2. The highest BCUT2D eigenvalue weighted by Gasteiger charge is 2.09. The SMILES string of the molecule is O=[C]C(CS)Cc1ccc(F)c(F)c1. The van der Waals surface area contributed by atoms with Crippen molar-refractivity contribution >= 4 is 18.9 Å². The molecule has 0 aliphatic heterocycles. The average Bonchev–Trinajstić information content (AvgIpc) is 2.19. The highest BCUT2D eigenvalue weighted by atomic mass is 32.1. The Labute approximate surface area is 86.5 Å². The molecular weight excluding hydrogens is 206 g/mol. The fourth-order valence-electron chi connectivity index (χ4n) is 1.09. The molecule has 0 fully saturated rings. The van der Waals surface area contributed by atoms with Gasteiger partial charge in [-0.3, -0.25) is 4.79 Å². The van der Waals surface area contributed by atoms with Gasteiger partial charge in [0.25, 0.3) is 0 Å². The van der Waals surface area contributed by atoms with E-state index in [-0.39, 0.29) is 5.92 Å². The summed E-state index contributed by atoms with van der Waals surface area (Å²) in [7, 11) is 0. The van der Waals surface area contributed by atoms with Crippen LogP contribution in [-0.4, -0.2) is 12.0 Å². The zero-order chi connectivity index (χ0) is 10.6. The molecule has 1 aromatic rings. The lowest BCUT2D eigenvalue weighted by Crippen LogP contribution is -2.08. The lowest BCUT2D eigenvalue weighted by atomic mass is 10.0. The molecule has 0 spiro atoms. The Morgan fingerprint density at radius 2 is 2.07 bits per heavy atom. The van der Waals surface area contributed by atoms with Crippen LogP contribution in [-0.2, 0) is 11.2 Å². The van der Waals surface area contributed by atoms with E-state index in [1.54, 1.807) is 6.29 Å². The van der Waals surface area contributed by atoms with E-state index in [9.17, 15) is 13.6 Å². The molecule has 0 saturated heterocycles. The summed E-state index contributed by atoms with van der Waals surface area (Å²) >= 11 is 3.94. The standard InChI is InChI=1S/C10H9F2OS/c11-9-2-1-7(4-10(9)12)3-8(5-13)6-14/h1-2,4,8,14H,3,6H2. The molecule has 0 bridgehead atoms. The molecule has 1 nitrogen and oxygen atoms in total. The molecule has 0 N–H and O–H groups in total. The van der Waals surface area contributed by atoms with Crippen molar-refractivity contribution in [2.45, 2.75) is 6.42 Å². The van der Waals surface area contributed by atoms with Gasteiger partial charge in [0.15, 0.2) is 11.6 Å². The van der Waals surface area contributed by atoms with E-state index >= 15 is 0 Å². The minimum absolute atomic E-state index is 0.337. The van der Waals surface area contributed by atoms with Crippen LogP contribution in [0.1, 0.15) is 5.56 Å². The van der Waals surface area contributed by atoms with Crippen molar-refractivity contribution in [3.63, 3.8) is 0 Å². The second-order valence-electron chi connectivity index (χ2n) is 2.95. The van der Waals surface area contributed by atoms with Gasteiger partial charge in [0, 0.05) is 11.7 Å². The maximum absolute atomic E-state index is 12.7. The Bertz CT molecular complexity index is 328. The van der Waals surface area contributed by atoms with Gasteiger partial charge in [0.05, 0.1) is 0 Å². The first-order valence-electron chi connectivity index (χ1n) is 4.10. The number of rotatable bonds is 4. The summed E-state index contributed by atoms with van der Waals surface area (Å²) in [6, 6.07) is 3.58. The Hall–Kier alpha value is -0.900. The van der Waals surface area contributed by atoms with Crippen molar-refractivity contribution in [1.82, 2.24) is 0 Å². The molecule has 1 atom stereocenters. The van der Waals surface area contributed by atoms with Gasteiger partial charge < -0.3 is 0 Å². The first-order valence-corrected chi connectivity index (χ1v) is 4.73. The molecule has 1 unspecified atom stereocenters. The van der Waals surface area contributed by atoms with Crippen molar-refractivity contribution < 1.29 is 13.6 Å². The summed E-state index contributed by atoms with van der Waals surface area (Å²) < 4.78 is 25.3. The van der Waals surface area contributed by atoms with Crippen LogP contribution in [0.5, 0.6) is 0 Å². The fourth-order valence-corrected chi connectivity index (χ4v) is 1.30. The number of benzene rings is 1. The van der Waals surface area contributed by atoms with Gasteiger partial charge in [0.1, 0.15) is 0 Å². The van der Waals surface area contributed by atoms with Gasteiger partial charge in [-0.15, -0.1) is 0 Å². The summed E-state index contributed by atoms with van der Waals surface area (Å²) in [4.78, 5) is 10.4. The van der Waals surface area contributed by atoms with Gasteiger partial charge in [-0.25, -0.2) is 8.78 Å². The van der Waals surface area contributed by atoms with Crippen molar-refractivity contribution in [1.29, 1.82) is 0 Å². The van der Waals surface area contributed by atoms with Crippen molar-refractivity contribution in [3.8, 4) is 0 Å². The van der Waals surface area contributed by atoms with Crippen LogP contribution in [0.15, 0.2) is 18.2 Å². The summed E-state index contributed by atoms with van der Waals surface area (Å²) in [5.41, 5.74) is 0.575. The Balaban J connectivity index is 2.76. The molecule has 0 aliphatic carbocycles. The van der Waals surface area contributed by atoms with Crippen LogP contribution >= 0.6 is 12.6 Å². The quantitative estimate of drug-likeness (QED) is 0.762. The normalized spacial score (nSPS) is 12.5. The van der Waals surface area contributed by atoms with E-state index in [0.717, 1.165) is 12.1 Å². The molecular formula is C10H9F2OS. The van der Waals surface area contributed by atoms with Crippen molar-refractivity contribution in [2.24, 2.45) is 5.92 Å². The molecule has 4 heteroatoms. The lowest BCUT2D eigenvalue weighted by molar-refractivity contribution is 0.505. The molecule has 0 aromatic heterocycles. The van der Waals surface area contributed by atoms with E-state index in [1.165, 1.54) is 6.07 Å². The van der Waals surface area contributed by atoms with Crippen LogP contribution in [0.2, 0.25) is 0 Å². The topological polar surface area (TPSA) is 17.1 Å². The third kappa shape index (κ3) is 2.80. The fraction of sp³-hybridized carbons (Fsp3) is 0.300. The molecule has 0 aliphatic rings. The first kappa shape index (κ1) is 11.2. The maximum atomic E-state index is 12.7. The molecule has 1 radical (unpaired) electrons. The van der Waals surface area contributed by atoms with Gasteiger partial charge in [0.2, 0.25) is 6.29 Å². The smallest absolute Gasteiger partial charge is 0.202 e. The van der Waals surface area contributed by atoms with Gasteiger partial charge in [-0.2, -0.15) is 12.6 Å². The van der Waals surface area contributed by atoms with E-state index in [0.29, 0.717) is 17.7 Å². The second-order valence-corrected chi connectivity index (χ2v) is 3.32. The Morgan fingerprint density at radius 1 is 1.36 bits per heavy atom. The zero-order valence-electron chi connectivity index (χ0n) is 7.34. The number of thiol groups is 1. The summed E-state index contributed by atoms with van der Waals surface area (Å²) in [5.74, 6) is -1.80. The van der Waals surface area contributed by atoms with Crippen LogP contribution in [0.25, 0.3) is 0 Å². The molecule has 14 heavy (non-hydrogen) atoms. The third-order valence-electron chi connectivity index (χ3n) is 1.85. The second kappa shape index (κ2) is 5.10. The summed E-state index contributed by atoms with van der Waals surface area (Å²) in [5, 5.41) is 0. The minimum atomic E-state index is -0.897. The highest BCUT2D eigenvalue weighted by Crippen LogP contribution is 2.12. The third-order valence-corrected chi connectivity index (χ3v) is 2.29. The largest absolute Gasteiger partial charge is 0.291 e. The predicted molar refractivity (Wildman–Crippen MR) is 53.1 cm³/mol. The first-order chi connectivity index (χ1) is 6.67. The van der Waals surface area contributed by atoms with Crippen molar-refractivity contribution in [2.75, 3.05) is 5.75 Å². The highest BCUT2D eigenvalue weighted by molar-refractivity contribution is 7.80. The van der Waals surface area contributed by atoms with Crippen LogP contribution in [0, 0.1) is 17.6 Å².